The maximum absolute atomic E-state index is 5.61. The molecule has 1 unspecified atom stereocenters. The van der Waals surface area contributed by atoms with E-state index in [9.17, 15) is 0 Å². The van der Waals surface area contributed by atoms with Crippen LogP contribution in [0.15, 0.2) is 29.3 Å². The van der Waals surface area contributed by atoms with Gasteiger partial charge in [0.1, 0.15) is 0 Å². The van der Waals surface area contributed by atoms with Crippen molar-refractivity contribution in [2.75, 3.05) is 0 Å². The third kappa shape index (κ3) is 3.97. The van der Waals surface area contributed by atoms with Crippen molar-refractivity contribution in [1.82, 2.24) is 10.7 Å². The molecule has 1 atom stereocenters. The third-order valence-electron chi connectivity index (χ3n) is 4.03. The largest absolute Gasteiger partial charge is 0.349 e. The summed E-state index contributed by atoms with van der Waals surface area (Å²) in [4.78, 5) is 4.72. The van der Waals surface area contributed by atoms with E-state index in [1.807, 2.05) is 0 Å². The van der Waals surface area contributed by atoms with Crippen molar-refractivity contribution in [2.24, 2.45) is 10.8 Å². The van der Waals surface area contributed by atoms with E-state index in [-0.39, 0.29) is 6.04 Å². The number of rotatable bonds is 3. The van der Waals surface area contributed by atoms with Crippen LogP contribution in [0.25, 0.3) is 0 Å². The van der Waals surface area contributed by atoms with Crippen LogP contribution in [0.5, 0.6) is 0 Å². The van der Waals surface area contributed by atoms with E-state index >= 15 is 0 Å². The van der Waals surface area contributed by atoms with Gasteiger partial charge in [-0.3, -0.25) is 5.43 Å². The van der Waals surface area contributed by atoms with Crippen molar-refractivity contribution in [3.8, 4) is 0 Å². The SMILES string of the molecule is Cc1ccccc1C(C)NC(=NC1CCCCC1)NN. The van der Waals surface area contributed by atoms with E-state index in [4.69, 9.17) is 10.8 Å². The molecule has 0 bridgehead atoms. The van der Waals surface area contributed by atoms with E-state index in [1.165, 1.54) is 43.2 Å². The summed E-state index contributed by atoms with van der Waals surface area (Å²) in [5.74, 6) is 6.31. The molecule has 1 aliphatic rings. The number of hydrogen-bond acceptors (Lipinski definition) is 2. The topological polar surface area (TPSA) is 62.4 Å². The Hall–Kier alpha value is -1.55. The highest BCUT2D eigenvalue weighted by atomic mass is 15.3. The van der Waals surface area contributed by atoms with E-state index in [0.717, 1.165) is 0 Å². The highest BCUT2D eigenvalue weighted by Crippen LogP contribution is 2.21. The summed E-state index contributed by atoms with van der Waals surface area (Å²) in [5.41, 5.74) is 5.26. The molecule has 20 heavy (non-hydrogen) atoms. The highest BCUT2D eigenvalue weighted by molar-refractivity contribution is 5.79. The second kappa shape index (κ2) is 7.29. The molecule has 110 valence electrons. The van der Waals surface area contributed by atoms with Crippen LogP contribution < -0.4 is 16.6 Å². The van der Waals surface area contributed by atoms with Crippen LogP contribution in [0.4, 0.5) is 0 Å². The zero-order chi connectivity index (χ0) is 14.4. The first-order chi connectivity index (χ1) is 9.70. The molecule has 0 radical (unpaired) electrons. The standard InChI is InChI=1S/C16H26N4/c1-12-8-6-7-11-15(12)13(2)18-16(20-17)19-14-9-4-3-5-10-14/h6-8,11,13-14H,3-5,9-10,17H2,1-2H3,(H2,18,19,20). The van der Waals surface area contributed by atoms with Gasteiger partial charge in [-0.1, -0.05) is 43.5 Å². The fraction of sp³-hybridized carbons (Fsp3) is 0.562. The summed E-state index contributed by atoms with van der Waals surface area (Å²) < 4.78 is 0. The van der Waals surface area contributed by atoms with Gasteiger partial charge in [0.2, 0.25) is 5.96 Å². The molecule has 0 aromatic heterocycles. The van der Waals surface area contributed by atoms with Crippen LogP contribution in [0.1, 0.15) is 56.2 Å². The Labute approximate surface area is 121 Å². The van der Waals surface area contributed by atoms with Crippen LogP contribution >= 0.6 is 0 Å². The Morgan fingerprint density at radius 1 is 1.25 bits per heavy atom. The molecule has 4 N–H and O–H groups in total. The van der Waals surface area contributed by atoms with E-state index in [2.05, 4.69) is 48.9 Å². The van der Waals surface area contributed by atoms with Gasteiger partial charge in [0.25, 0.3) is 0 Å². The minimum atomic E-state index is 0.189. The van der Waals surface area contributed by atoms with Gasteiger partial charge in [-0.15, -0.1) is 0 Å². The number of benzene rings is 1. The lowest BCUT2D eigenvalue weighted by atomic mass is 9.96. The zero-order valence-corrected chi connectivity index (χ0v) is 12.5. The van der Waals surface area contributed by atoms with Gasteiger partial charge in [-0.2, -0.15) is 0 Å². The second-order valence-electron chi connectivity index (χ2n) is 5.64. The predicted octanol–water partition coefficient (Wildman–Crippen LogP) is 2.80. The van der Waals surface area contributed by atoms with E-state index < -0.39 is 0 Å². The molecule has 1 aromatic rings. The van der Waals surface area contributed by atoms with Gasteiger partial charge < -0.3 is 5.32 Å². The number of aliphatic imine (C=N–C) groups is 1. The average Bonchev–Trinajstić information content (AvgIpc) is 2.48. The summed E-state index contributed by atoms with van der Waals surface area (Å²) in [6.45, 7) is 4.26. The monoisotopic (exact) mass is 274 g/mol. The number of nitrogens with one attached hydrogen (secondary N) is 2. The summed E-state index contributed by atoms with van der Waals surface area (Å²) >= 11 is 0. The Bertz CT molecular complexity index is 450. The molecular weight excluding hydrogens is 248 g/mol. The number of aryl methyl sites for hydroxylation is 1. The molecule has 1 fully saturated rings. The lowest BCUT2D eigenvalue weighted by molar-refractivity contribution is 0.440. The third-order valence-corrected chi connectivity index (χ3v) is 4.03. The zero-order valence-electron chi connectivity index (χ0n) is 12.5. The molecule has 4 heteroatoms. The van der Waals surface area contributed by atoms with Crippen molar-refractivity contribution < 1.29 is 0 Å². The average molecular weight is 274 g/mol. The van der Waals surface area contributed by atoms with Crippen molar-refractivity contribution in [1.29, 1.82) is 0 Å². The Morgan fingerprint density at radius 2 is 1.95 bits per heavy atom. The fourth-order valence-corrected chi connectivity index (χ4v) is 2.86. The van der Waals surface area contributed by atoms with Crippen molar-refractivity contribution in [3.63, 3.8) is 0 Å². The van der Waals surface area contributed by atoms with Gasteiger partial charge in [0.05, 0.1) is 12.1 Å². The number of hydrogen-bond donors (Lipinski definition) is 3. The smallest absolute Gasteiger partial charge is 0.206 e. The van der Waals surface area contributed by atoms with Gasteiger partial charge >= 0.3 is 0 Å². The maximum Gasteiger partial charge on any atom is 0.206 e. The number of nitrogens with zero attached hydrogens (tertiary/aromatic N) is 1. The van der Waals surface area contributed by atoms with Crippen LogP contribution in [-0.4, -0.2) is 12.0 Å². The van der Waals surface area contributed by atoms with E-state index in [0.29, 0.717) is 12.0 Å². The van der Waals surface area contributed by atoms with Crippen LogP contribution in [-0.2, 0) is 0 Å². The molecule has 0 spiro atoms. The van der Waals surface area contributed by atoms with Crippen LogP contribution in [0, 0.1) is 6.92 Å². The molecule has 1 aliphatic carbocycles. The predicted molar refractivity (Wildman–Crippen MR) is 84.4 cm³/mol. The molecule has 0 amide bonds. The Balaban J connectivity index is 2.02. The molecule has 0 aliphatic heterocycles. The molecule has 1 aromatic carbocycles. The van der Waals surface area contributed by atoms with Gasteiger partial charge in [0, 0.05) is 0 Å². The molecule has 1 saturated carbocycles. The van der Waals surface area contributed by atoms with Crippen LogP contribution in [0.3, 0.4) is 0 Å². The maximum atomic E-state index is 5.61. The number of hydrazine groups is 1. The summed E-state index contributed by atoms with van der Waals surface area (Å²) in [6, 6.07) is 8.99. The van der Waals surface area contributed by atoms with Gasteiger partial charge in [-0.05, 0) is 37.8 Å². The normalized spacial score (nSPS) is 18.6. The second-order valence-corrected chi connectivity index (χ2v) is 5.64. The Morgan fingerprint density at radius 3 is 2.60 bits per heavy atom. The lowest BCUT2D eigenvalue weighted by Crippen LogP contribution is -2.43. The lowest BCUT2D eigenvalue weighted by Gasteiger charge is -2.22. The highest BCUT2D eigenvalue weighted by Gasteiger charge is 2.14. The number of guanidine groups is 1. The molecule has 0 saturated heterocycles. The molecular formula is C16H26N4. The van der Waals surface area contributed by atoms with Crippen molar-refractivity contribution >= 4 is 5.96 Å². The van der Waals surface area contributed by atoms with E-state index in [1.54, 1.807) is 0 Å². The first-order valence-electron chi connectivity index (χ1n) is 7.57. The van der Waals surface area contributed by atoms with Crippen LogP contribution in [0.2, 0.25) is 0 Å². The molecule has 2 rings (SSSR count). The fourth-order valence-electron chi connectivity index (χ4n) is 2.86. The minimum Gasteiger partial charge on any atom is -0.349 e. The van der Waals surface area contributed by atoms with Crippen molar-refractivity contribution in [2.45, 2.75) is 58.0 Å². The molecule has 0 heterocycles. The first-order valence-corrected chi connectivity index (χ1v) is 7.57. The first kappa shape index (κ1) is 14.9. The summed E-state index contributed by atoms with van der Waals surface area (Å²) in [5, 5.41) is 3.38. The van der Waals surface area contributed by atoms with Gasteiger partial charge in [0.15, 0.2) is 0 Å². The molecule has 4 nitrogen and oxygen atoms in total. The summed E-state index contributed by atoms with van der Waals surface area (Å²) in [6.07, 6.45) is 6.24. The van der Waals surface area contributed by atoms with Crippen molar-refractivity contribution in [3.05, 3.63) is 35.4 Å². The number of nitrogens with two attached hydrogens (primary N) is 1. The Kier molecular flexibility index (Phi) is 5.41. The minimum absolute atomic E-state index is 0.189. The quantitative estimate of drug-likeness (QED) is 0.344. The summed E-state index contributed by atoms with van der Waals surface area (Å²) in [7, 11) is 0. The van der Waals surface area contributed by atoms with Gasteiger partial charge in [-0.25, -0.2) is 10.8 Å².